The minimum atomic E-state index is -1.32. The second-order valence-electron chi connectivity index (χ2n) is 4.38. The largest absolute Gasteiger partial charge is 2.00 e. The fourth-order valence-electron chi connectivity index (χ4n) is 1.21. The zero-order valence-corrected chi connectivity index (χ0v) is 18.9. The molecule has 0 bridgehead atoms. The second-order valence-corrected chi connectivity index (χ2v) is 6.09. The number of carbonyl (C=O) groups is 1. The van der Waals surface area contributed by atoms with Crippen molar-refractivity contribution in [2.75, 3.05) is 0 Å². The van der Waals surface area contributed by atoms with Crippen LogP contribution in [0.3, 0.4) is 0 Å². The topological polar surface area (TPSA) is 104 Å². The molecule has 1 unspecified atom stereocenters. The standard InChI is InChI=1S/C8H9NO2S.C6H7NO2S.C2H.BrH.Mg/c1-3-8(2,11)7-9-6(4-10)5-12-7;1-4(9)6-7-5(2-8)3-10-6;1-2;;/h1,5,10-11H,4H2,2H3;3,8H,2H2,1H3;1H;1H;/q;;-1;;+2/p-1. The van der Waals surface area contributed by atoms with Gasteiger partial charge in [-0.15, -0.1) is 29.1 Å². The first-order valence-electron chi connectivity index (χ1n) is 6.45. The fraction of sp³-hybridized carbons (Fsp3) is 0.312. The van der Waals surface area contributed by atoms with Crippen LogP contribution in [-0.4, -0.2) is 54.1 Å². The molecule has 0 fully saturated rings. The Kier molecular flexibility index (Phi) is 17.6. The second kappa shape index (κ2) is 15.3. The van der Waals surface area contributed by atoms with Gasteiger partial charge >= 0.3 is 23.1 Å². The van der Waals surface area contributed by atoms with Gasteiger partial charge in [0.15, 0.2) is 16.4 Å². The van der Waals surface area contributed by atoms with E-state index >= 15 is 0 Å². The van der Waals surface area contributed by atoms with Gasteiger partial charge < -0.3 is 45.1 Å². The van der Waals surface area contributed by atoms with Crippen molar-refractivity contribution in [1.82, 2.24) is 9.97 Å². The Morgan fingerprint density at radius 1 is 1.23 bits per heavy atom. The van der Waals surface area contributed by atoms with Crippen molar-refractivity contribution in [2.45, 2.75) is 32.7 Å². The quantitative estimate of drug-likeness (QED) is 0.210. The van der Waals surface area contributed by atoms with E-state index in [9.17, 15) is 9.90 Å². The number of rotatable bonds is 4. The molecule has 0 aliphatic heterocycles. The van der Waals surface area contributed by atoms with Gasteiger partial charge in [-0.3, -0.25) is 4.79 Å². The number of aliphatic hydroxyl groups is 3. The SMILES string of the molecule is C#CC(C)(O)c1nc(CO)cs1.CC(=O)c1nc(CO)cs1.[Br-].[C-]#C.[Mg+2]. The Labute approximate surface area is 187 Å². The number of terminal acetylenes is 2. The summed E-state index contributed by atoms with van der Waals surface area (Å²) in [6.45, 7) is 2.73. The van der Waals surface area contributed by atoms with Gasteiger partial charge in [-0.1, -0.05) is 5.92 Å². The number of ketones is 1. The average Bonchev–Trinajstić information content (AvgIpc) is 3.26. The molecular formula is C16H17BrMgN2O4S2. The van der Waals surface area contributed by atoms with Crippen LogP contribution in [0.5, 0.6) is 0 Å². The predicted molar refractivity (Wildman–Crippen MR) is 98.4 cm³/mol. The monoisotopic (exact) mass is 468 g/mol. The summed E-state index contributed by atoms with van der Waals surface area (Å²) in [5, 5.41) is 31.0. The number of thiazole rings is 2. The molecule has 26 heavy (non-hydrogen) atoms. The number of hydrogen-bond acceptors (Lipinski definition) is 8. The molecule has 2 aromatic rings. The van der Waals surface area contributed by atoms with Gasteiger partial charge in [0.2, 0.25) is 0 Å². The molecule has 0 saturated carbocycles. The van der Waals surface area contributed by atoms with Crippen molar-refractivity contribution in [3.8, 4) is 18.8 Å². The van der Waals surface area contributed by atoms with Crippen LogP contribution < -0.4 is 17.0 Å². The van der Waals surface area contributed by atoms with Crippen molar-refractivity contribution in [3.63, 3.8) is 0 Å². The van der Waals surface area contributed by atoms with E-state index in [0.29, 0.717) is 21.4 Å². The van der Waals surface area contributed by atoms with Gasteiger partial charge in [0, 0.05) is 17.7 Å². The summed E-state index contributed by atoms with van der Waals surface area (Å²) in [5.41, 5.74) is -0.223. The molecule has 0 saturated heterocycles. The molecule has 2 heterocycles. The van der Waals surface area contributed by atoms with Crippen molar-refractivity contribution in [2.24, 2.45) is 0 Å². The van der Waals surface area contributed by atoms with E-state index in [1.165, 1.54) is 36.5 Å². The number of aliphatic hydroxyl groups excluding tert-OH is 2. The first-order chi connectivity index (χ1) is 11.3. The van der Waals surface area contributed by atoms with E-state index in [-0.39, 0.29) is 59.0 Å². The molecule has 3 N–H and O–H groups in total. The number of nitrogens with zero attached hydrogens (tertiary/aromatic N) is 2. The summed E-state index contributed by atoms with van der Waals surface area (Å²) in [6.07, 6.45) is 14.1. The van der Waals surface area contributed by atoms with E-state index in [4.69, 9.17) is 23.1 Å². The Hall–Kier alpha value is -0.824. The van der Waals surface area contributed by atoms with Gasteiger partial charge in [0.1, 0.15) is 5.01 Å². The smallest absolute Gasteiger partial charge is 1.00 e. The number of Topliss-reactive ketones (excluding diaryl/α,β-unsaturated/α-hetero) is 1. The summed E-state index contributed by atoms with van der Waals surface area (Å²) in [5.74, 6) is 2.17. The van der Waals surface area contributed by atoms with E-state index in [2.05, 4.69) is 22.3 Å². The zero-order valence-electron chi connectivity index (χ0n) is 14.3. The van der Waals surface area contributed by atoms with Crippen molar-refractivity contribution < 1.29 is 37.1 Å². The van der Waals surface area contributed by atoms with Crippen LogP contribution in [-0.2, 0) is 18.8 Å². The maximum atomic E-state index is 10.6. The van der Waals surface area contributed by atoms with Crippen molar-refractivity contribution in [3.05, 3.63) is 38.6 Å². The molecule has 6 nitrogen and oxygen atoms in total. The summed E-state index contributed by atoms with van der Waals surface area (Å²) in [7, 11) is 0. The van der Waals surface area contributed by atoms with Gasteiger partial charge in [0.25, 0.3) is 0 Å². The maximum absolute atomic E-state index is 10.6. The first kappa shape index (κ1) is 29.9. The molecular weight excluding hydrogens is 453 g/mol. The van der Waals surface area contributed by atoms with Crippen LogP contribution in [0.25, 0.3) is 0 Å². The van der Waals surface area contributed by atoms with Gasteiger partial charge in [-0.25, -0.2) is 9.97 Å². The molecule has 0 spiro atoms. The van der Waals surface area contributed by atoms with Crippen LogP contribution in [0.2, 0.25) is 0 Å². The van der Waals surface area contributed by atoms with E-state index in [1.54, 1.807) is 10.8 Å². The minimum absolute atomic E-state index is 0. The number of halogens is 1. The molecule has 0 radical (unpaired) electrons. The molecule has 0 aromatic carbocycles. The van der Waals surface area contributed by atoms with Crippen LogP contribution >= 0.6 is 22.7 Å². The van der Waals surface area contributed by atoms with Crippen LogP contribution in [0.4, 0.5) is 0 Å². The normalized spacial score (nSPS) is 10.8. The molecule has 0 amide bonds. The summed E-state index contributed by atoms with van der Waals surface area (Å²) in [6, 6.07) is 0. The fourth-order valence-corrected chi connectivity index (χ4v) is 2.75. The third kappa shape index (κ3) is 9.76. The molecule has 0 aliphatic rings. The molecule has 0 aliphatic carbocycles. The van der Waals surface area contributed by atoms with Crippen LogP contribution in [0.1, 0.15) is 40.0 Å². The molecule has 2 rings (SSSR count). The predicted octanol–water partition coefficient (Wildman–Crippen LogP) is -1.86. The zero-order chi connectivity index (χ0) is 18.8. The third-order valence-electron chi connectivity index (χ3n) is 2.43. The third-order valence-corrected chi connectivity index (χ3v) is 4.52. The van der Waals surface area contributed by atoms with Gasteiger partial charge in [-0.05, 0) is 6.92 Å². The first-order valence-corrected chi connectivity index (χ1v) is 8.21. The van der Waals surface area contributed by atoms with Crippen LogP contribution in [0.15, 0.2) is 10.8 Å². The molecule has 2 aromatic heterocycles. The Morgan fingerprint density at radius 2 is 1.69 bits per heavy atom. The van der Waals surface area contributed by atoms with Gasteiger partial charge in [0.05, 0.1) is 24.6 Å². The van der Waals surface area contributed by atoms with Crippen LogP contribution in [0, 0.1) is 25.2 Å². The minimum Gasteiger partial charge on any atom is -1.00 e. The summed E-state index contributed by atoms with van der Waals surface area (Å²) >= 11 is 2.50. The van der Waals surface area contributed by atoms with E-state index in [0.717, 1.165) is 0 Å². The van der Waals surface area contributed by atoms with Gasteiger partial charge in [-0.2, -0.15) is 0 Å². The number of hydrogen-bond donors (Lipinski definition) is 3. The Morgan fingerprint density at radius 3 is 2.00 bits per heavy atom. The summed E-state index contributed by atoms with van der Waals surface area (Å²) < 4.78 is 0. The molecule has 10 heteroatoms. The summed E-state index contributed by atoms with van der Waals surface area (Å²) in [4.78, 5) is 18.4. The Balaban J connectivity index is -0.000000350. The number of aromatic nitrogens is 2. The maximum Gasteiger partial charge on any atom is 2.00 e. The van der Waals surface area contributed by atoms with Crippen molar-refractivity contribution >= 4 is 51.5 Å². The Bertz CT molecular complexity index is 723. The number of carbonyl (C=O) groups excluding carboxylic acids is 1. The molecule has 1 atom stereocenters. The van der Waals surface area contributed by atoms with E-state index in [1.807, 2.05) is 0 Å². The van der Waals surface area contributed by atoms with E-state index < -0.39 is 5.60 Å². The molecule has 136 valence electrons. The van der Waals surface area contributed by atoms with Crippen molar-refractivity contribution in [1.29, 1.82) is 0 Å². The average molecular weight is 470 g/mol.